The van der Waals surface area contributed by atoms with Gasteiger partial charge in [0.2, 0.25) is 0 Å². The maximum atomic E-state index is 13.2. The van der Waals surface area contributed by atoms with E-state index in [0.29, 0.717) is 44.2 Å². The molecule has 3 aromatic rings. The number of aryl methyl sites for hydroxylation is 2. The first-order valence-electron chi connectivity index (χ1n) is 11.3. The number of hydrogen-bond acceptors (Lipinski definition) is 6. The van der Waals surface area contributed by atoms with Crippen molar-refractivity contribution in [2.75, 3.05) is 19.9 Å². The summed E-state index contributed by atoms with van der Waals surface area (Å²) in [6, 6.07) is 9.90. The van der Waals surface area contributed by atoms with Crippen molar-refractivity contribution in [2.45, 2.75) is 46.1 Å². The van der Waals surface area contributed by atoms with Crippen molar-refractivity contribution in [2.24, 2.45) is 0 Å². The summed E-state index contributed by atoms with van der Waals surface area (Å²) in [4.78, 5) is 26.3. The third-order valence-electron chi connectivity index (χ3n) is 5.83. The Bertz CT molecular complexity index is 1200. The Kier molecular flexibility index (Phi) is 7.08. The van der Waals surface area contributed by atoms with Crippen molar-refractivity contribution in [1.29, 1.82) is 0 Å². The van der Waals surface area contributed by atoms with Gasteiger partial charge in [0.25, 0.3) is 0 Å². The summed E-state index contributed by atoms with van der Waals surface area (Å²) in [7, 11) is 0. The van der Waals surface area contributed by atoms with E-state index >= 15 is 0 Å². The maximum absolute atomic E-state index is 13.2. The van der Waals surface area contributed by atoms with E-state index in [-0.39, 0.29) is 18.2 Å². The van der Waals surface area contributed by atoms with Gasteiger partial charge in [0, 0.05) is 31.0 Å². The Morgan fingerprint density at radius 1 is 1.18 bits per heavy atom. The topological polar surface area (TPSA) is 69.0 Å². The first kappa shape index (κ1) is 23.0. The second-order valence-corrected chi connectivity index (χ2v) is 8.39. The Morgan fingerprint density at radius 3 is 2.73 bits per heavy atom. The van der Waals surface area contributed by atoms with Crippen molar-refractivity contribution in [3.63, 3.8) is 0 Å². The summed E-state index contributed by atoms with van der Waals surface area (Å²) >= 11 is 0. The molecule has 1 aliphatic rings. The lowest BCUT2D eigenvalue weighted by atomic mass is 9.97. The van der Waals surface area contributed by atoms with Crippen LogP contribution in [0.3, 0.4) is 0 Å². The Hall–Kier alpha value is -3.19. The summed E-state index contributed by atoms with van der Waals surface area (Å²) < 4.78 is 30.1. The van der Waals surface area contributed by atoms with E-state index in [9.17, 15) is 14.0 Å². The fourth-order valence-corrected chi connectivity index (χ4v) is 4.10. The number of rotatable bonds is 8. The summed E-state index contributed by atoms with van der Waals surface area (Å²) in [5.74, 6) is 0.188. The van der Waals surface area contributed by atoms with Crippen LogP contribution in [0, 0.1) is 12.7 Å². The lowest BCUT2D eigenvalue weighted by molar-refractivity contribution is -0.143. The molecular formula is C26H28FNO5. The van der Waals surface area contributed by atoms with Crippen LogP contribution in [-0.2, 0) is 28.9 Å². The second-order valence-electron chi connectivity index (χ2n) is 8.39. The average molecular weight is 454 g/mol. The highest BCUT2D eigenvalue weighted by Crippen LogP contribution is 2.37. The standard InChI is InChI=1S/C26H28FNO5/c1-3-12-31-23(29)9-6-19-14-21-17(2)13-24(30)33-26(21)22-15-28(16-32-25(19)22)11-10-18-4-7-20(27)8-5-18/h4-5,7-8,13-14H,3,6,9-12,15-16H2,1-2H3. The smallest absolute Gasteiger partial charge is 0.336 e. The minimum atomic E-state index is -0.401. The molecule has 0 saturated heterocycles. The maximum Gasteiger partial charge on any atom is 0.336 e. The zero-order valence-electron chi connectivity index (χ0n) is 19.0. The quantitative estimate of drug-likeness (QED) is 0.369. The number of hydrogen-bond donors (Lipinski definition) is 0. The zero-order valence-corrected chi connectivity index (χ0v) is 19.0. The van der Waals surface area contributed by atoms with Gasteiger partial charge in [0.05, 0.1) is 12.2 Å². The fraction of sp³-hybridized carbons (Fsp3) is 0.385. The van der Waals surface area contributed by atoms with E-state index < -0.39 is 5.63 Å². The molecular weight excluding hydrogens is 425 g/mol. The molecule has 0 saturated carbocycles. The molecule has 7 heteroatoms. The molecule has 0 spiro atoms. The number of fused-ring (bicyclic) bond motifs is 3. The molecule has 1 aromatic heterocycles. The minimum Gasteiger partial charge on any atom is -0.477 e. The highest BCUT2D eigenvalue weighted by molar-refractivity contribution is 5.86. The molecule has 174 valence electrons. The molecule has 0 unspecified atom stereocenters. The minimum absolute atomic E-state index is 0.237. The average Bonchev–Trinajstić information content (AvgIpc) is 2.81. The van der Waals surface area contributed by atoms with E-state index in [1.807, 2.05) is 19.9 Å². The third kappa shape index (κ3) is 5.42. The van der Waals surface area contributed by atoms with E-state index in [1.165, 1.54) is 18.2 Å². The van der Waals surface area contributed by atoms with Gasteiger partial charge in [-0.25, -0.2) is 9.18 Å². The van der Waals surface area contributed by atoms with E-state index in [0.717, 1.165) is 40.5 Å². The number of nitrogens with zero attached hydrogens (tertiary/aromatic N) is 1. The van der Waals surface area contributed by atoms with Gasteiger partial charge in [0.1, 0.15) is 23.9 Å². The van der Waals surface area contributed by atoms with Gasteiger partial charge in [-0.3, -0.25) is 9.69 Å². The molecule has 1 aliphatic heterocycles. The predicted molar refractivity (Wildman–Crippen MR) is 123 cm³/mol. The van der Waals surface area contributed by atoms with Crippen LogP contribution in [0.5, 0.6) is 5.75 Å². The van der Waals surface area contributed by atoms with Crippen molar-refractivity contribution >= 4 is 16.9 Å². The normalized spacial score (nSPS) is 13.5. The van der Waals surface area contributed by atoms with E-state index in [4.69, 9.17) is 13.9 Å². The predicted octanol–water partition coefficient (Wildman–Crippen LogP) is 4.52. The molecule has 0 bridgehead atoms. The van der Waals surface area contributed by atoms with Crippen LogP contribution in [0.4, 0.5) is 4.39 Å². The zero-order chi connectivity index (χ0) is 23.4. The number of ether oxygens (including phenoxy) is 2. The number of carbonyl (C=O) groups excluding carboxylic acids is 1. The van der Waals surface area contributed by atoms with Crippen LogP contribution in [0.25, 0.3) is 11.0 Å². The largest absolute Gasteiger partial charge is 0.477 e. The van der Waals surface area contributed by atoms with Crippen LogP contribution in [-0.4, -0.2) is 30.8 Å². The van der Waals surface area contributed by atoms with Crippen LogP contribution in [0.1, 0.15) is 42.0 Å². The number of esters is 1. The molecule has 0 fully saturated rings. The Labute approximate surface area is 191 Å². The van der Waals surface area contributed by atoms with Gasteiger partial charge in [-0.05, 0) is 61.1 Å². The molecule has 0 aliphatic carbocycles. The van der Waals surface area contributed by atoms with Crippen LogP contribution in [0.2, 0.25) is 0 Å². The van der Waals surface area contributed by atoms with E-state index in [1.54, 1.807) is 12.1 Å². The second kappa shape index (κ2) is 10.2. The first-order chi connectivity index (χ1) is 15.9. The monoisotopic (exact) mass is 453 g/mol. The molecule has 0 amide bonds. The summed E-state index contributed by atoms with van der Waals surface area (Å²) in [6.45, 7) is 5.88. The molecule has 2 aromatic carbocycles. The first-order valence-corrected chi connectivity index (χ1v) is 11.3. The lowest BCUT2D eigenvalue weighted by Gasteiger charge is -2.31. The van der Waals surface area contributed by atoms with Gasteiger partial charge in [-0.1, -0.05) is 19.1 Å². The Morgan fingerprint density at radius 2 is 1.97 bits per heavy atom. The van der Waals surface area contributed by atoms with Gasteiger partial charge in [-0.15, -0.1) is 0 Å². The number of benzene rings is 2. The van der Waals surface area contributed by atoms with Crippen molar-refractivity contribution in [3.8, 4) is 5.75 Å². The lowest BCUT2D eigenvalue weighted by Crippen LogP contribution is -2.34. The van der Waals surface area contributed by atoms with Crippen LogP contribution in [0.15, 0.2) is 45.6 Å². The molecule has 6 nitrogen and oxygen atoms in total. The SMILES string of the molecule is CCCOC(=O)CCc1cc2c(C)cc(=O)oc2c2c1OCN(CCc1ccc(F)cc1)C2. The number of carbonyl (C=O) groups is 1. The molecule has 0 atom stereocenters. The summed E-state index contributed by atoms with van der Waals surface area (Å²) in [5.41, 5.74) is 3.70. The molecule has 2 heterocycles. The van der Waals surface area contributed by atoms with Gasteiger partial charge in [-0.2, -0.15) is 0 Å². The highest BCUT2D eigenvalue weighted by Gasteiger charge is 2.25. The van der Waals surface area contributed by atoms with Crippen molar-refractivity contribution in [1.82, 2.24) is 4.90 Å². The van der Waals surface area contributed by atoms with Crippen LogP contribution < -0.4 is 10.4 Å². The molecule has 0 N–H and O–H groups in total. The highest BCUT2D eigenvalue weighted by atomic mass is 19.1. The number of halogens is 1. The van der Waals surface area contributed by atoms with Crippen LogP contribution >= 0.6 is 0 Å². The summed E-state index contributed by atoms with van der Waals surface area (Å²) in [5, 5.41) is 0.842. The van der Waals surface area contributed by atoms with Gasteiger partial charge < -0.3 is 13.9 Å². The molecule has 4 rings (SSSR count). The van der Waals surface area contributed by atoms with Crippen molar-refractivity contribution < 1.29 is 23.1 Å². The van der Waals surface area contributed by atoms with Gasteiger partial charge >= 0.3 is 11.6 Å². The summed E-state index contributed by atoms with van der Waals surface area (Å²) in [6.07, 6.45) is 2.26. The van der Waals surface area contributed by atoms with Gasteiger partial charge in [0.15, 0.2) is 0 Å². The van der Waals surface area contributed by atoms with E-state index in [2.05, 4.69) is 4.90 Å². The molecule has 0 radical (unpaired) electrons. The Balaban J connectivity index is 1.60. The van der Waals surface area contributed by atoms with Crippen molar-refractivity contribution in [3.05, 3.63) is 74.9 Å². The third-order valence-corrected chi connectivity index (χ3v) is 5.83. The fourth-order valence-electron chi connectivity index (χ4n) is 4.10. The molecule has 33 heavy (non-hydrogen) atoms.